The minimum absolute atomic E-state index is 0. The molecule has 1 amide bonds. The summed E-state index contributed by atoms with van der Waals surface area (Å²) in [4.78, 5) is 12.7. The Morgan fingerprint density at radius 1 is 1.28 bits per heavy atom. The molecule has 0 saturated heterocycles. The average molecular weight is 369 g/mol. The molecule has 3 rings (SSSR count). The molecule has 2 aliphatic rings. The van der Waals surface area contributed by atoms with Gasteiger partial charge < -0.3 is 11.1 Å². The predicted molar refractivity (Wildman–Crippen MR) is 101 cm³/mol. The minimum atomic E-state index is -0.293. The molecule has 1 aromatic rings. The smallest absolute Gasteiger partial charge is 0.223 e. The Bertz CT molecular complexity index is 593. The third-order valence-electron chi connectivity index (χ3n) is 6.09. The lowest BCUT2D eigenvalue weighted by Crippen LogP contribution is -2.50. The highest BCUT2D eigenvalue weighted by Gasteiger charge is 2.40. The Kier molecular flexibility index (Phi) is 6.50. The molecule has 2 bridgehead atoms. The molecule has 2 aliphatic carbocycles. The molecule has 0 aliphatic heterocycles. The summed E-state index contributed by atoms with van der Waals surface area (Å²) in [6.45, 7) is 4.59. The lowest BCUT2D eigenvalue weighted by atomic mass is 9.65. The van der Waals surface area contributed by atoms with Gasteiger partial charge in [0.2, 0.25) is 5.91 Å². The SMILES string of the molecule is CC(C)(CNC(=O)C1CC2CCCC(C1)C2N)c1cccc(F)c1.Cl. The average Bonchev–Trinajstić information content (AvgIpc) is 2.52. The van der Waals surface area contributed by atoms with Gasteiger partial charge in [-0.25, -0.2) is 4.39 Å². The molecule has 0 heterocycles. The zero-order valence-electron chi connectivity index (χ0n) is 15.1. The zero-order chi connectivity index (χ0) is 17.3. The van der Waals surface area contributed by atoms with Crippen LogP contribution in [-0.4, -0.2) is 18.5 Å². The molecule has 0 spiro atoms. The molecule has 3 N–H and O–H groups in total. The van der Waals surface area contributed by atoms with Crippen LogP contribution in [0.1, 0.15) is 51.5 Å². The Morgan fingerprint density at radius 3 is 2.52 bits per heavy atom. The second kappa shape index (κ2) is 8.05. The number of nitrogens with one attached hydrogen (secondary N) is 1. The maximum absolute atomic E-state index is 13.5. The fourth-order valence-corrected chi connectivity index (χ4v) is 4.47. The van der Waals surface area contributed by atoms with Crippen LogP contribution in [0.5, 0.6) is 0 Å². The van der Waals surface area contributed by atoms with Crippen molar-refractivity contribution in [2.45, 2.75) is 57.4 Å². The molecule has 0 aromatic heterocycles. The van der Waals surface area contributed by atoms with Crippen molar-refractivity contribution >= 4 is 18.3 Å². The number of carbonyl (C=O) groups excluding carboxylic acids is 1. The standard InChI is InChI=1S/C20H29FN2O.ClH/c1-20(2,16-7-4-8-17(21)11-16)12-23-19(24)15-9-13-5-3-6-14(10-15)18(13)22;/h4,7-8,11,13-15,18H,3,5-6,9-10,12,22H2,1-2H3,(H,23,24);1H. The fourth-order valence-electron chi connectivity index (χ4n) is 4.47. The summed E-state index contributed by atoms with van der Waals surface area (Å²) in [6.07, 6.45) is 5.42. The van der Waals surface area contributed by atoms with Gasteiger partial charge in [-0.15, -0.1) is 12.4 Å². The molecule has 2 saturated carbocycles. The van der Waals surface area contributed by atoms with Crippen molar-refractivity contribution in [3.63, 3.8) is 0 Å². The highest BCUT2D eigenvalue weighted by atomic mass is 35.5. The zero-order valence-corrected chi connectivity index (χ0v) is 15.9. The van der Waals surface area contributed by atoms with Crippen molar-refractivity contribution < 1.29 is 9.18 Å². The predicted octanol–water partition coefficient (Wildman–Crippen LogP) is 3.79. The van der Waals surface area contributed by atoms with Gasteiger partial charge in [-0.05, 0) is 55.2 Å². The van der Waals surface area contributed by atoms with E-state index in [4.69, 9.17) is 5.73 Å². The van der Waals surface area contributed by atoms with Gasteiger partial charge in [0, 0.05) is 23.9 Å². The number of hydrogen-bond acceptors (Lipinski definition) is 2. The van der Waals surface area contributed by atoms with Crippen LogP contribution in [0.15, 0.2) is 24.3 Å². The molecule has 2 unspecified atom stereocenters. The minimum Gasteiger partial charge on any atom is -0.355 e. The topological polar surface area (TPSA) is 55.1 Å². The van der Waals surface area contributed by atoms with E-state index in [2.05, 4.69) is 5.32 Å². The van der Waals surface area contributed by atoms with Crippen LogP contribution in [0, 0.1) is 23.6 Å². The van der Waals surface area contributed by atoms with E-state index in [1.165, 1.54) is 12.5 Å². The quantitative estimate of drug-likeness (QED) is 0.849. The van der Waals surface area contributed by atoms with E-state index in [1.54, 1.807) is 12.1 Å². The molecule has 5 heteroatoms. The largest absolute Gasteiger partial charge is 0.355 e. The number of nitrogens with two attached hydrogens (primary N) is 1. The summed E-state index contributed by atoms with van der Waals surface area (Å²) in [5.74, 6) is 1.00. The highest BCUT2D eigenvalue weighted by molar-refractivity contribution is 5.85. The summed E-state index contributed by atoms with van der Waals surface area (Å²) < 4.78 is 13.5. The second-order valence-corrected chi connectivity index (χ2v) is 8.31. The molecule has 2 atom stereocenters. The third kappa shape index (κ3) is 4.53. The maximum Gasteiger partial charge on any atom is 0.223 e. The normalized spacial score (nSPS) is 28.8. The van der Waals surface area contributed by atoms with Gasteiger partial charge in [-0.3, -0.25) is 4.79 Å². The first kappa shape index (κ1) is 20.2. The third-order valence-corrected chi connectivity index (χ3v) is 6.09. The van der Waals surface area contributed by atoms with Crippen LogP contribution in [-0.2, 0) is 10.2 Å². The molecular formula is C20H30ClFN2O. The Balaban J connectivity index is 0.00000225. The van der Waals surface area contributed by atoms with Crippen LogP contribution in [0.25, 0.3) is 0 Å². The lowest BCUT2D eigenvalue weighted by molar-refractivity contribution is -0.128. The van der Waals surface area contributed by atoms with Crippen LogP contribution in [0.4, 0.5) is 4.39 Å². The van der Waals surface area contributed by atoms with Gasteiger partial charge in [0.05, 0.1) is 0 Å². The number of carbonyl (C=O) groups is 1. The van der Waals surface area contributed by atoms with Gasteiger partial charge in [0.1, 0.15) is 5.82 Å². The van der Waals surface area contributed by atoms with Crippen molar-refractivity contribution in [3.8, 4) is 0 Å². The van der Waals surface area contributed by atoms with Crippen molar-refractivity contribution in [3.05, 3.63) is 35.6 Å². The first-order chi connectivity index (χ1) is 11.4. The summed E-state index contributed by atoms with van der Waals surface area (Å²) in [5.41, 5.74) is 6.93. The number of amides is 1. The van der Waals surface area contributed by atoms with Crippen molar-refractivity contribution in [2.24, 2.45) is 23.5 Å². The van der Waals surface area contributed by atoms with E-state index >= 15 is 0 Å². The Labute approximate surface area is 156 Å². The summed E-state index contributed by atoms with van der Waals surface area (Å²) in [6, 6.07) is 6.92. The van der Waals surface area contributed by atoms with E-state index in [9.17, 15) is 9.18 Å². The van der Waals surface area contributed by atoms with E-state index in [0.717, 1.165) is 31.2 Å². The van der Waals surface area contributed by atoms with Gasteiger partial charge in [0.25, 0.3) is 0 Å². The number of fused-ring (bicyclic) bond motifs is 2. The van der Waals surface area contributed by atoms with Gasteiger partial charge in [-0.2, -0.15) is 0 Å². The number of hydrogen-bond donors (Lipinski definition) is 2. The number of benzene rings is 1. The molecule has 1 aromatic carbocycles. The first-order valence-corrected chi connectivity index (χ1v) is 9.16. The van der Waals surface area contributed by atoms with Gasteiger partial charge >= 0.3 is 0 Å². The van der Waals surface area contributed by atoms with Crippen LogP contribution in [0.2, 0.25) is 0 Å². The van der Waals surface area contributed by atoms with E-state index < -0.39 is 0 Å². The molecule has 3 nitrogen and oxygen atoms in total. The molecular weight excluding hydrogens is 339 g/mol. The maximum atomic E-state index is 13.5. The molecule has 140 valence electrons. The van der Waals surface area contributed by atoms with Gasteiger partial charge in [0.15, 0.2) is 0 Å². The van der Waals surface area contributed by atoms with E-state index in [1.807, 2.05) is 19.9 Å². The van der Waals surface area contributed by atoms with Crippen LogP contribution in [0.3, 0.4) is 0 Å². The Hall–Kier alpha value is -1.13. The van der Waals surface area contributed by atoms with Crippen molar-refractivity contribution in [2.75, 3.05) is 6.54 Å². The fraction of sp³-hybridized carbons (Fsp3) is 0.650. The summed E-state index contributed by atoms with van der Waals surface area (Å²) in [5, 5.41) is 3.11. The van der Waals surface area contributed by atoms with Gasteiger partial charge in [-0.1, -0.05) is 32.4 Å². The van der Waals surface area contributed by atoms with Crippen molar-refractivity contribution in [1.29, 1.82) is 0 Å². The highest BCUT2D eigenvalue weighted by Crippen LogP contribution is 2.41. The van der Waals surface area contributed by atoms with E-state index in [-0.39, 0.29) is 41.5 Å². The summed E-state index contributed by atoms with van der Waals surface area (Å²) in [7, 11) is 0. The monoisotopic (exact) mass is 368 g/mol. The molecule has 2 fully saturated rings. The Morgan fingerprint density at radius 2 is 1.92 bits per heavy atom. The van der Waals surface area contributed by atoms with E-state index in [0.29, 0.717) is 18.4 Å². The molecule has 25 heavy (non-hydrogen) atoms. The number of halogens is 2. The lowest BCUT2D eigenvalue weighted by Gasteiger charge is -2.43. The summed E-state index contributed by atoms with van der Waals surface area (Å²) >= 11 is 0. The molecule has 0 radical (unpaired) electrons. The van der Waals surface area contributed by atoms with Crippen molar-refractivity contribution in [1.82, 2.24) is 5.32 Å². The second-order valence-electron chi connectivity index (χ2n) is 8.31. The number of rotatable bonds is 4. The van der Waals surface area contributed by atoms with Crippen LogP contribution < -0.4 is 11.1 Å². The first-order valence-electron chi connectivity index (χ1n) is 9.16. The van der Waals surface area contributed by atoms with Crippen LogP contribution >= 0.6 is 12.4 Å².